The van der Waals surface area contributed by atoms with Crippen LogP contribution in [0.25, 0.3) is 11.1 Å². The molecule has 0 heterocycles. The standard InChI is InChI=1S/C6H4.CH4/c1-2-5-4-6(5)3-1;/h1-4H;1H4. The lowest BCUT2D eigenvalue weighted by molar-refractivity contribution is 2.01. The maximum atomic E-state index is 2.17. The van der Waals surface area contributed by atoms with Gasteiger partial charge in [-0.3, -0.25) is 0 Å². The monoisotopic (exact) mass is 92.1 g/mol. The largest absolute Gasteiger partial charge is 0.0776 e. The first kappa shape index (κ1) is 4.38. The number of rotatable bonds is 0. The zero-order valence-corrected chi connectivity index (χ0v) is 3.31. The van der Waals surface area contributed by atoms with Crippen molar-refractivity contribution in [1.82, 2.24) is 0 Å². The van der Waals surface area contributed by atoms with Gasteiger partial charge in [0.25, 0.3) is 0 Å². The average molecular weight is 92.1 g/mol. The van der Waals surface area contributed by atoms with E-state index in [9.17, 15) is 0 Å². The minimum Gasteiger partial charge on any atom is -0.0776 e. The van der Waals surface area contributed by atoms with Gasteiger partial charge < -0.3 is 0 Å². The van der Waals surface area contributed by atoms with Gasteiger partial charge in [-0.15, -0.1) is 0 Å². The number of hydrogen-bond acceptors (Lipinski definition) is 0. The summed E-state index contributed by atoms with van der Waals surface area (Å²) in [5.41, 5.74) is 2.85. The summed E-state index contributed by atoms with van der Waals surface area (Å²) in [4.78, 5) is 0. The van der Waals surface area contributed by atoms with Crippen LogP contribution in [0.2, 0.25) is 0 Å². The van der Waals surface area contributed by atoms with E-state index in [1.165, 1.54) is 11.1 Å². The van der Waals surface area contributed by atoms with Crippen LogP contribution in [0.4, 0.5) is 0 Å². The highest BCUT2D eigenvalue weighted by Crippen LogP contribution is 2.32. The molecule has 0 heteroatoms. The highest BCUT2D eigenvalue weighted by Gasteiger charge is 2.06. The van der Waals surface area contributed by atoms with Crippen LogP contribution in [0.5, 0.6) is 0 Å². The van der Waals surface area contributed by atoms with Gasteiger partial charge in [-0.25, -0.2) is 0 Å². The second kappa shape index (κ2) is 1.09. The summed E-state index contributed by atoms with van der Waals surface area (Å²) in [6.45, 7) is 0. The molecule has 0 atom stereocenters. The summed E-state index contributed by atoms with van der Waals surface area (Å²) >= 11 is 0. The van der Waals surface area contributed by atoms with Crippen molar-refractivity contribution in [3.05, 3.63) is 24.3 Å². The molecule has 36 valence electrons. The zero-order valence-electron chi connectivity index (χ0n) is 3.31. The van der Waals surface area contributed by atoms with Crippen LogP contribution in [0.1, 0.15) is 7.43 Å². The molecular formula is C7H8. The SMILES string of the molecule is C.c1cc2cc-2c1. The Morgan fingerprint density at radius 3 is 1.71 bits per heavy atom. The molecule has 0 fully saturated rings. The Morgan fingerprint density at radius 1 is 1.00 bits per heavy atom. The Bertz CT molecular complexity index is 160. The quantitative estimate of drug-likeness (QED) is 0.467. The molecule has 0 radical (unpaired) electrons. The summed E-state index contributed by atoms with van der Waals surface area (Å²) < 4.78 is 0. The lowest BCUT2D eigenvalue weighted by atomic mass is 10.6. The molecule has 0 aromatic carbocycles. The fraction of sp³-hybridized carbons (Fsp3) is 0.143. The molecule has 2 aliphatic rings. The number of hydrogen-bond donors (Lipinski definition) is 0. The molecule has 0 nitrogen and oxygen atoms in total. The van der Waals surface area contributed by atoms with E-state index in [1.807, 2.05) is 0 Å². The molecule has 0 unspecified atom stereocenters. The van der Waals surface area contributed by atoms with Gasteiger partial charge in [0.15, 0.2) is 0 Å². The van der Waals surface area contributed by atoms with Crippen LogP contribution in [0.15, 0.2) is 24.3 Å². The molecule has 2 rings (SSSR count). The van der Waals surface area contributed by atoms with Crippen molar-refractivity contribution >= 4 is 0 Å². The number of fused-ring (bicyclic) bond motifs is 1. The van der Waals surface area contributed by atoms with Gasteiger partial charge in [-0.1, -0.05) is 25.6 Å². The molecule has 0 N–H and O–H groups in total. The average Bonchev–Trinajstić information content (AvgIpc) is 2.17. The summed E-state index contributed by atoms with van der Waals surface area (Å²) in [5, 5.41) is 0. The highest BCUT2D eigenvalue weighted by atomic mass is 14.1. The van der Waals surface area contributed by atoms with Gasteiger partial charge in [-0.05, 0) is 17.2 Å². The van der Waals surface area contributed by atoms with E-state index in [4.69, 9.17) is 0 Å². The Balaban J connectivity index is 0.000000245. The molecule has 0 aromatic rings. The predicted molar refractivity (Wildman–Crippen MR) is 32.2 cm³/mol. The Kier molecular flexibility index (Phi) is 0.684. The fourth-order valence-electron chi connectivity index (χ4n) is 0.676. The molecule has 0 spiro atoms. The second-order valence-electron chi connectivity index (χ2n) is 1.58. The Morgan fingerprint density at radius 2 is 1.57 bits per heavy atom. The van der Waals surface area contributed by atoms with E-state index in [0.29, 0.717) is 0 Å². The van der Waals surface area contributed by atoms with E-state index < -0.39 is 0 Å². The second-order valence-corrected chi connectivity index (χ2v) is 1.58. The van der Waals surface area contributed by atoms with E-state index in [-0.39, 0.29) is 7.43 Å². The molecule has 0 aromatic heterocycles. The maximum Gasteiger partial charge on any atom is -0.0178 e. The van der Waals surface area contributed by atoms with Crippen LogP contribution < -0.4 is 0 Å². The molecule has 0 aliphatic heterocycles. The smallest absolute Gasteiger partial charge is 0.0178 e. The Hall–Kier alpha value is -0.780. The third-order valence-electron chi connectivity index (χ3n) is 1.11. The van der Waals surface area contributed by atoms with Crippen LogP contribution >= 0.6 is 0 Å². The molecule has 0 amide bonds. The van der Waals surface area contributed by atoms with Crippen molar-refractivity contribution in [3.63, 3.8) is 0 Å². The van der Waals surface area contributed by atoms with Crippen molar-refractivity contribution in [2.24, 2.45) is 0 Å². The predicted octanol–water partition coefficient (Wildman–Crippen LogP) is 2.30. The summed E-state index contributed by atoms with van der Waals surface area (Å²) in [5.74, 6) is 0. The minimum atomic E-state index is 0. The topological polar surface area (TPSA) is 0 Å². The molecule has 0 saturated carbocycles. The van der Waals surface area contributed by atoms with Crippen molar-refractivity contribution in [2.75, 3.05) is 0 Å². The van der Waals surface area contributed by atoms with E-state index in [1.54, 1.807) is 0 Å². The summed E-state index contributed by atoms with van der Waals surface area (Å²) in [7, 11) is 0. The highest BCUT2D eigenvalue weighted by molar-refractivity contribution is 5.80. The van der Waals surface area contributed by atoms with Crippen molar-refractivity contribution < 1.29 is 0 Å². The van der Waals surface area contributed by atoms with Gasteiger partial charge in [0.1, 0.15) is 0 Å². The first-order valence-corrected chi connectivity index (χ1v) is 2.07. The van der Waals surface area contributed by atoms with Gasteiger partial charge in [0, 0.05) is 0 Å². The number of benzene rings is 1. The van der Waals surface area contributed by atoms with E-state index in [0.717, 1.165) is 0 Å². The molecule has 0 saturated heterocycles. The van der Waals surface area contributed by atoms with Crippen LogP contribution in [-0.4, -0.2) is 0 Å². The lowest BCUT2D eigenvalue weighted by Gasteiger charge is -1.48. The van der Waals surface area contributed by atoms with Crippen molar-refractivity contribution in [2.45, 2.75) is 7.43 Å². The van der Waals surface area contributed by atoms with E-state index in [2.05, 4.69) is 24.3 Å². The summed E-state index contributed by atoms with van der Waals surface area (Å²) in [6.07, 6.45) is 0. The molecule has 2 aliphatic carbocycles. The molecule has 0 bridgehead atoms. The van der Waals surface area contributed by atoms with Crippen LogP contribution in [0.3, 0.4) is 0 Å². The van der Waals surface area contributed by atoms with Gasteiger partial charge in [-0.2, -0.15) is 0 Å². The van der Waals surface area contributed by atoms with Crippen molar-refractivity contribution in [3.8, 4) is 11.1 Å². The van der Waals surface area contributed by atoms with Gasteiger partial charge in [0.05, 0.1) is 0 Å². The van der Waals surface area contributed by atoms with Gasteiger partial charge >= 0.3 is 0 Å². The fourth-order valence-corrected chi connectivity index (χ4v) is 0.676. The lowest BCUT2D eigenvalue weighted by Crippen LogP contribution is -1.23. The third-order valence-corrected chi connectivity index (χ3v) is 1.11. The van der Waals surface area contributed by atoms with Crippen LogP contribution in [-0.2, 0) is 0 Å². The molecular weight excluding hydrogens is 84.1 g/mol. The summed E-state index contributed by atoms with van der Waals surface area (Å²) in [6, 6.07) is 8.48. The normalized spacial score (nSPS) is 9.71. The molecule has 7 heavy (non-hydrogen) atoms. The van der Waals surface area contributed by atoms with Gasteiger partial charge in [0.2, 0.25) is 0 Å². The zero-order chi connectivity index (χ0) is 3.98. The first-order valence-electron chi connectivity index (χ1n) is 2.07. The van der Waals surface area contributed by atoms with E-state index >= 15 is 0 Å². The van der Waals surface area contributed by atoms with Crippen LogP contribution in [0, 0.1) is 0 Å². The van der Waals surface area contributed by atoms with Crippen molar-refractivity contribution in [1.29, 1.82) is 0 Å². The maximum absolute atomic E-state index is 2.17. The first-order chi connectivity index (χ1) is 2.97. The minimum absolute atomic E-state index is 0. The Labute approximate surface area is 43.8 Å². The third kappa shape index (κ3) is 0.430.